The van der Waals surface area contributed by atoms with E-state index in [-0.39, 0.29) is 18.0 Å². The van der Waals surface area contributed by atoms with Crippen molar-refractivity contribution in [3.05, 3.63) is 11.8 Å². The van der Waals surface area contributed by atoms with Crippen LogP contribution in [-0.4, -0.2) is 31.3 Å². The van der Waals surface area contributed by atoms with E-state index in [4.69, 9.17) is 5.26 Å². The van der Waals surface area contributed by atoms with Crippen LogP contribution in [0.3, 0.4) is 0 Å². The van der Waals surface area contributed by atoms with Crippen LogP contribution >= 0.6 is 0 Å². The topological polar surface area (TPSA) is 137 Å². The monoisotopic (exact) mass is 259 g/mol. The summed E-state index contributed by atoms with van der Waals surface area (Å²) >= 11 is 0. The Hall–Kier alpha value is -2.28. The molecular weight excluding hydrogens is 250 g/mol. The lowest BCUT2D eigenvalue weighted by Gasteiger charge is -2.07. The first-order valence-electron chi connectivity index (χ1n) is 4.39. The van der Waals surface area contributed by atoms with Crippen molar-refractivity contribution in [3.63, 3.8) is 0 Å². The van der Waals surface area contributed by atoms with Gasteiger partial charge in [0.05, 0.1) is 12.8 Å². The molecule has 9 nitrogen and oxygen atoms in total. The molecule has 1 aromatic heterocycles. The summed E-state index contributed by atoms with van der Waals surface area (Å²) in [6.45, 7) is 1.57. The number of rotatable bonds is 4. The Labute approximate surface area is 97.0 Å². The van der Waals surface area contributed by atoms with E-state index < -0.39 is 16.3 Å². The number of carbonyl (C=O) groups excluding carboxylic acids is 1. The first-order chi connectivity index (χ1) is 7.98. The molecule has 0 aliphatic heterocycles. The Morgan fingerprint density at radius 1 is 1.71 bits per heavy atom. The van der Waals surface area contributed by atoms with Gasteiger partial charge in [0, 0.05) is 0 Å². The van der Waals surface area contributed by atoms with Gasteiger partial charge < -0.3 is 4.74 Å². The zero-order chi connectivity index (χ0) is 12.9. The summed E-state index contributed by atoms with van der Waals surface area (Å²) in [4.78, 5) is 10.9. The van der Waals surface area contributed by atoms with Crippen LogP contribution in [0, 0.1) is 11.3 Å². The number of nitrogens with zero attached hydrogens (tertiary/aromatic N) is 2. The fourth-order valence-electron chi connectivity index (χ4n) is 0.879. The third-order valence-electron chi connectivity index (χ3n) is 1.49. The van der Waals surface area contributed by atoms with Gasteiger partial charge in [-0.15, -0.1) is 0 Å². The van der Waals surface area contributed by atoms with Crippen LogP contribution in [0.15, 0.2) is 6.20 Å². The van der Waals surface area contributed by atoms with Gasteiger partial charge >= 0.3 is 16.3 Å². The molecule has 0 radical (unpaired) electrons. The Bertz CT molecular complexity index is 543. The van der Waals surface area contributed by atoms with E-state index in [1.807, 2.05) is 4.72 Å². The Morgan fingerprint density at radius 3 is 3.00 bits per heavy atom. The molecule has 10 heteroatoms. The summed E-state index contributed by atoms with van der Waals surface area (Å²) in [5.74, 6) is -0.135. The smallest absolute Gasteiger partial charge is 0.422 e. The zero-order valence-electron chi connectivity index (χ0n) is 8.72. The molecular formula is C7H9N5O4S. The van der Waals surface area contributed by atoms with Gasteiger partial charge in [-0.3, -0.25) is 5.10 Å². The largest absolute Gasteiger partial charge is 0.449 e. The number of H-pyrrole nitrogens is 1. The van der Waals surface area contributed by atoms with E-state index in [0.29, 0.717) is 0 Å². The van der Waals surface area contributed by atoms with Crippen LogP contribution in [0.2, 0.25) is 0 Å². The number of hydrogen-bond donors (Lipinski definition) is 3. The number of ether oxygens (including phenoxy) is 1. The molecule has 0 spiro atoms. The highest BCUT2D eigenvalue weighted by Gasteiger charge is 2.17. The molecule has 0 bridgehead atoms. The minimum atomic E-state index is -4.16. The minimum Gasteiger partial charge on any atom is -0.449 e. The molecule has 92 valence electrons. The van der Waals surface area contributed by atoms with Crippen molar-refractivity contribution < 1.29 is 17.9 Å². The van der Waals surface area contributed by atoms with Crippen molar-refractivity contribution in [2.24, 2.45) is 0 Å². The molecule has 1 heterocycles. The molecule has 0 unspecified atom stereocenters. The van der Waals surface area contributed by atoms with Crippen molar-refractivity contribution in [2.75, 3.05) is 11.3 Å². The van der Waals surface area contributed by atoms with Crippen molar-refractivity contribution >= 4 is 22.1 Å². The van der Waals surface area contributed by atoms with Crippen LogP contribution in [0.25, 0.3) is 0 Å². The Balaban J connectivity index is 2.74. The summed E-state index contributed by atoms with van der Waals surface area (Å²) < 4.78 is 30.7. The quantitative estimate of drug-likeness (QED) is 0.677. The van der Waals surface area contributed by atoms with E-state index in [0.717, 1.165) is 6.20 Å². The molecule has 17 heavy (non-hydrogen) atoms. The molecule has 1 rings (SSSR count). The van der Waals surface area contributed by atoms with Gasteiger partial charge in [-0.05, 0) is 6.92 Å². The molecule has 3 N–H and O–H groups in total. The second kappa shape index (κ2) is 5.17. The van der Waals surface area contributed by atoms with E-state index in [9.17, 15) is 13.2 Å². The van der Waals surface area contributed by atoms with Gasteiger partial charge in [-0.2, -0.15) is 18.8 Å². The van der Waals surface area contributed by atoms with Crippen LogP contribution in [0.4, 0.5) is 10.6 Å². The van der Waals surface area contributed by atoms with Gasteiger partial charge in [-0.25, -0.2) is 14.2 Å². The van der Waals surface area contributed by atoms with Crippen LogP contribution < -0.4 is 9.44 Å². The molecule has 0 saturated heterocycles. The summed E-state index contributed by atoms with van der Waals surface area (Å²) in [6.07, 6.45) is 0.0281. The normalized spacial score (nSPS) is 10.4. The molecule has 1 aromatic rings. The van der Waals surface area contributed by atoms with E-state index in [1.54, 1.807) is 10.8 Å². The molecule has 1 amide bonds. The Kier molecular flexibility index (Phi) is 3.89. The van der Waals surface area contributed by atoms with Gasteiger partial charge in [0.15, 0.2) is 5.82 Å². The number of anilines is 1. The standard InChI is InChI=1S/C7H9N5O4S/c1-2-16-7(13)12-17(14,15)11-6-5(3-8)4-9-10-6/h4H,2H2,1H3,(H,12,13)(H2,9,10,11). The van der Waals surface area contributed by atoms with Gasteiger partial charge in [0.1, 0.15) is 11.6 Å². The van der Waals surface area contributed by atoms with Crippen molar-refractivity contribution in [1.82, 2.24) is 14.9 Å². The van der Waals surface area contributed by atoms with Crippen LogP contribution in [0.1, 0.15) is 12.5 Å². The number of amides is 1. The summed E-state index contributed by atoms with van der Waals surface area (Å²) in [7, 11) is -4.16. The first kappa shape index (κ1) is 12.8. The number of aromatic nitrogens is 2. The lowest BCUT2D eigenvalue weighted by molar-refractivity contribution is 0.159. The SMILES string of the molecule is CCOC(=O)NS(=O)(=O)Nc1[nH]ncc1C#N. The highest BCUT2D eigenvalue weighted by molar-refractivity contribution is 7.91. The van der Waals surface area contributed by atoms with E-state index in [1.165, 1.54) is 6.92 Å². The number of carbonyl (C=O) groups is 1. The second-order valence-electron chi connectivity index (χ2n) is 2.70. The zero-order valence-corrected chi connectivity index (χ0v) is 9.54. The molecule has 0 fully saturated rings. The van der Waals surface area contributed by atoms with E-state index in [2.05, 4.69) is 14.9 Å². The predicted octanol–water partition coefficient (Wildman–Crippen LogP) is -0.316. The van der Waals surface area contributed by atoms with Crippen LogP contribution in [0.5, 0.6) is 0 Å². The third kappa shape index (κ3) is 3.65. The molecule has 0 aliphatic carbocycles. The maximum absolute atomic E-state index is 11.4. The number of nitrogens with one attached hydrogen (secondary N) is 3. The number of nitriles is 1. The Morgan fingerprint density at radius 2 is 2.41 bits per heavy atom. The molecule has 0 saturated carbocycles. The summed E-state index contributed by atoms with van der Waals surface area (Å²) in [5.41, 5.74) is -0.000709. The van der Waals surface area contributed by atoms with Crippen molar-refractivity contribution in [2.45, 2.75) is 6.92 Å². The lowest BCUT2D eigenvalue weighted by atomic mass is 10.4. The van der Waals surface area contributed by atoms with E-state index >= 15 is 0 Å². The fraction of sp³-hybridized carbons (Fsp3) is 0.286. The maximum atomic E-state index is 11.4. The van der Waals surface area contributed by atoms with Crippen LogP contribution in [-0.2, 0) is 14.9 Å². The fourth-order valence-corrected chi connectivity index (χ4v) is 1.63. The average molecular weight is 259 g/mol. The first-order valence-corrected chi connectivity index (χ1v) is 5.87. The van der Waals surface area contributed by atoms with Gasteiger partial charge in [-0.1, -0.05) is 0 Å². The number of aromatic amines is 1. The average Bonchev–Trinajstić information content (AvgIpc) is 2.63. The summed E-state index contributed by atoms with van der Waals surface area (Å²) in [5, 5.41) is 14.4. The maximum Gasteiger partial charge on any atom is 0.422 e. The van der Waals surface area contributed by atoms with Crippen molar-refractivity contribution in [3.8, 4) is 6.07 Å². The molecule has 0 aromatic carbocycles. The van der Waals surface area contributed by atoms with Gasteiger partial charge in [0.25, 0.3) is 0 Å². The van der Waals surface area contributed by atoms with Crippen molar-refractivity contribution in [1.29, 1.82) is 5.26 Å². The summed E-state index contributed by atoms with van der Waals surface area (Å²) in [6, 6.07) is 1.71. The second-order valence-corrected chi connectivity index (χ2v) is 4.11. The third-order valence-corrected chi connectivity index (χ3v) is 2.40. The highest BCUT2D eigenvalue weighted by Crippen LogP contribution is 2.09. The minimum absolute atomic E-state index is 0.000709. The predicted molar refractivity (Wildman–Crippen MR) is 56.0 cm³/mol. The lowest BCUT2D eigenvalue weighted by Crippen LogP contribution is -2.36. The number of hydrogen-bond acceptors (Lipinski definition) is 6. The van der Waals surface area contributed by atoms with Gasteiger partial charge in [0.2, 0.25) is 0 Å². The molecule has 0 aliphatic rings. The highest BCUT2D eigenvalue weighted by atomic mass is 32.2. The molecule has 0 atom stereocenters.